The Kier molecular flexibility index (Phi) is 7.87. The van der Waals surface area contributed by atoms with Gasteiger partial charge < -0.3 is 15.5 Å². The molecule has 1 aliphatic rings. The number of hydrogen-bond donors (Lipinski definition) is 2. The van der Waals surface area contributed by atoms with Crippen molar-refractivity contribution in [2.45, 2.75) is 38.0 Å². The normalized spacial score (nSPS) is 16.2. The largest absolute Gasteiger partial charge is 0.416 e. The van der Waals surface area contributed by atoms with Gasteiger partial charge in [0.05, 0.1) is 5.56 Å². The van der Waals surface area contributed by atoms with Gasteiger partial charge in [0.2, 0.25) is 5.91 Å². The van der Waals surface area contributed by atoms with Crippen molar-refractivity contribution in [2.24, 2.45) is 0 Å². The maximum absolute atomic E-state index is 12.9. The van der Waals surface area contributed by atoms with Gasteiger partial charge in [-0.1, -0.05) is 48.9 Å². The molecule has 2 aromatic rings. The molecule has 0 radical (unpaired) electrons. The van der Waals surface area contributed by atoms with Crippen LogP contribution in [-0.2, 0) is 17.5 Å². The highest BCUT2D eigenvalue weighted by atomic mass is 19.4. The third-order valence-electron chi connectivity index (χ3n) is 5.34. The van der Waals surface area contributed by atoms with Gasteiger partial charge in [0.25, 0.3) is 0 Å². The van der Waals surface area contributed by atoms with E-state index in [2.05, 4.69) is 15.5 Å². The number of benzene rings is 2. The first-order chi connectivity index (χ1) is 14.4. The number of alkyl halides is 3. The Bertz CT molecular complexity index is 805. The molecule has 0 aromatic heterocycles. The first kappa shape index (κ1) is 22.3. The van der Waals surface area contributed by atoms with Crippen molar-refractivity contribution in [1.29, 1.82) is 0 Å². The highest BCUT2D eigenvalue weighted by Gasteiger charge is 2.30. The van der Waals surface area contributed by atoms with Gasteiger partial charge in [0, 0.05) is 19.6 Å². The van der Waals surface area contributed by atoms with Crippen molar-refractivity contribution < 1.29 is 18.0 Å². The molecule has 162 valence electrons. The number of amides is 1. The predicted molar refractivity (Wildman–Crippen MR) is 111 cm³/mol. The highest BCUT2D eigenvalue weighted by molar-refractivity contribution is 5.83. The summed E-state index contributed by atoms with van der Waals surface area (Å²) in [6, 6.07) is 13.9. The molecule has 0 spiro atoms. The summed E-state index contributed by atoms with van der Waals surface area (Å²) in [4.78, 5) is 15.3. The van der Waals surface area contributed by atoms with Crippen LogP contribution in [0.4, 0.5) is 13.2 Å². The zero-order valence-corrected chi connectivity index (χ0v) is 16.9. The Labute approximate surface area is 175 Å². The van der Waals surface area contributed by atoms with Crippen LogP contribution in [0.1, 0.15) is 42.0 Å². The fraction of sp³-hybridized carbons (Fsp3) is 0.435. The van der Waals surface area contributed by atoms with Gasteiger partial charge in [-0.05, 0) is 49.2 Å². The van der Waals surface area contributed by atoms with Gasteiger partial charge in [-0.3, -0.25) is 4.79 Å². The van der Waals surface area contributed by atoms with Crippen LogP contribution < -0.4 is 10.6 Å². The molecule has 1 heterocycles. The number of nitrogens with zero attached hydrogens (tertiary/aromatic N) is 1. The second-order valence-electron chi connectivity index (χ2n) is 7.62. The monoisotopic (exact) mass is 419 g/mol. The van der Waals surface area contributed by atoms with E-state index in [0.717, 1.165) is 37.3 Å². The van der Waals surface area contributed by atoms with Crippen molar-refractivity contribution in [1.82, 2.24) is 15.5 Å². The summed E-state index contributed by atoms with van der Waals surface area (Å²) >= 11 is 0. The van der Waals surface area contributed by atoms with Crippen molar-refractivity contribution in [3.8, 4) is 0 Å². The lowest BCUT2D eigenvalue weighted by atomic mass is 10.1. The van der Waals surface area contributed by atoms with Gasteiger partial charge in [0.15, 0.2) is 0 Å². The Balaban J connectivity index is 1.60. The molecule has 7 heteroatoms. The minimum Gasteiger partial charge on any atom is -0.350 e. The van der Waals surface area contributed by atoms with E-state index in [1.54, 1.807) is 6.07 Å². The molecule has 1 aliphatic heterocycles. The lowest BCUT2D eigenvalue weighted by Gasteiger charge is -2.27. The molecule has 4 nitrogen and oxygen atoms in total. The highest BCUT2D eigenvalue weighted by Crippen LogP contribution is 2.29. The Hall–Kier alpha value is -2.38. The smallest absolute Gasteiger partial charge is 0.350 e. The lowest BCUT2D eigenvalue weighted by Crippen LogP contribution is -2.41. The average molecular weight is 419 g/mol. The number of piperidine rings is 1. The average Bonchev–Trinajstić information content (AvgIpc) is 2.76. The molecule has 1 amide bonds. The second-order valence-corrected chi connectivity index (χ2v) is 7.62. The van der Waals surface area contributed by atoms with Gasteiger partial charge in [-0.25, -0.2) is 0 Å². The van der Waals surface area contributed by atoms with Crippen molar-refractivity contribution in [2.75, 3.05) is 26.2 Å². The van der Waals surface area contributed by atoms with Crippen molar-refractivity contribution >= 4 is 5.91 Å². The predicted octanol–water partition coefficient (Wildman–Crippen LogP) is 4.14. The van der Waals surface area contributed by atoms with Crippen LogP contribution in [0.15, 0.2) is 54.6 Å². The van der Waals surface area contributed by atoms with Crippen LogP contribution >= 0.6 is 0 Å². The van der Waals surface area contributed by atoms with Crippen molar-refractivity contribution in [3.63, 3.8) is 0 Å². The van der Waals surface area contributed by atoms with Crippen LogP contribution in [0.3, 0.4) is 0 Å². The molecule has 2 aromatic carbocycles. The number of likely N-dealkylation sites (tertiary alicyclic amines) is 1. The molecule has 2 N–H and O–H groups in total. The summed E-state index contributed by atoms with van der Waals surface area (Å²) in [6.45, 7) is 3.74. The Morgan fingerprint density at radius 3 is 2.43 bits per heavy atom. The maximum Gasteiger partial charge on any atom is 0.416 e. The van der Waals surface area contributed by atoms with Crippen LogP contribution in [0.5, 0.6) is 0 Å². The Morgan fingerprint density at radius 1 is 1.00 bits per heavy atom. The third kappa shape index (κ3) is 6.57. The fourth-order valence-corrected chi connectivity index (χ4v) is 3.71. The van der Waals surface area contributed by atoms with Crippen LogP contribution in [-0.4, -0.2) is 37.0 Å². The van der Waals surface area contributed by atoms with Gasteiger partial charge in [-0.15, -0.1) is 0 Å². The minimum absolute atomic E-state index is 0.0416. The van der Waals surface area contributed by atoms with Crippen LogP contribution in [0, 0.1) is 0 Å². The van der Waals surface area contributed by atoms with E-state index in [1.165, 1.54) is 25.3 Å². The van der Waals surface area contributed by atoms with Gasteiger partial charge in [-0.2, -0.15) is 13.2 Å². The summed E-state index contributed by atoms with van der Waals surface area (Å²) in [6.07, 6.45) is -0.712. The molecule has 0 saturated carbocycles. The summed E-state index contributed by atoms with van der Waals surface area (Å²) < 4.78 is 38.7. The molecule has 30 heavy (non-hydrogen) atoms. The summed E-state index contributed by atoms with van der Waals surface area (Å²) in [5.74, 6) is -0.253. The fourth-order valence-electron chi connectivity index (χ4n) is 3.71. The standard InChI is InChI=1S/C23H28F3N3O/c24-23(25,26)20-11-7-8-18(16-20)17-28-22(30)21(19-9-3-1-4-10-19)27-12-15-29-13-5-2-6-14-29/h1,3-4,7-11,16,21,27H,2,5-6,12-15,17H2,(H,28,30)/t21-/m0/s1. The van der Waals surface area contributed by atoms with Gasteiger partial charge >= 0.3 is 6.18 Å². The minimum atomic E-state index is -4.40. The first-order valence-corrected chi connectivity index (χ1v) is 10.4. The first-order valence-electron chi connectivity index (χ1n) is 10.4. The maximum atomic E-state index is 12.9. The number of hydrogen-bond acceptors (Lipinski definition) is 3. The topological polar surface area (TPSA) is 44.4 Å². The van der Waals surface area contributed by atoms with E-state index in [1.807, 2.05) is 30.3 Å². The SMILES string of the molecule is O=C(NCc1cccc(C(F)(F)F)c1)[C@@H](NCCN1CCCCC1)c1ccccc1. The Morgan fingerprint density at radius 2 is 1.73 bits per heavy atom. The number of halogens is 3. The third-order valence-corrected chi connectivity index (χ3v) is 5.34. The molecular formula is C23H28F3N3O. The van der Waals surface area contributed by atoms with E-state index in [0.29, 0.717) is 12.1 Å². The number of carbonyl (C=O) groups excluding carboxylic acids is 1. The summed E-state index contributed by atoms with van der Waals surface area (Å²) in [7, 11) is 0. The van der Waals surface area contributed by atoms with E-state index in [4.69, 9.17) is 0 Å². The molecular weight excluding hydrogens is 391 g/mol. The molecule has 1 saturated heterocycles. The molecule has 0 bridgehead atoms. The molecule has 0 aliphatic carbocycles. The zero-order valence-electron chi connectivity index (χ0n) is 16.9. The van der Waals surface area contributed by atoms with Crippen molar-refractivity contribution in [3.05, 3.63) is 71.3 Å². The summed E-state index contributed by atoms with van der Waals surface area (Å²) in [5, 5.41) is 6.10. The summed E-state index contributed by atoms with van der Waals surface area (Å²) in [5.41, 5.74) is 0.532. The molecule has 0 unspecified atom stereocenters. The van der Waals surface area contributed by atoms with E-state index in [-0.39, 0.29) is 12.5 Å². The number of carbonyl (C=O) groups is 1. The number of nitrogens with one attached hydrogen (secondary N) is 2. The van der Waals surface area contributed by atoms with Crippen LogP contribution in [0.2, 0.25) is 0 Å². The van der Waals surface area contributed by atoms with Gasteiger partial charge in [0.1, 0.15) is 6.04 Å². The second kappa shape index (κ2) is 10.6. The van der Waals surface area contributed by atoms with Crippen LogP contribution in [0.25, 0.3) is 0 Å². The zero-order chi connectivity index (χ0) is 21.4. The van der Waals surface area contributed by atoms with E-state index >= 15 is 0 Å². The van der Waals surface area contributed by atoms with E-state index < -0.39 is 17.8 Å². The molecule has 3 rings (SSSR count). The molecule has 1 atom stereocenters. The quantitative estimate of drug-likeness (QED) is 0.676. The number of rotatable bonds is 8. The molecule has 1 fully saturated rings. The lowest BCUT2D eigenvalue weighted by molar-refractivity contribution is -0.137. The van der Waals surface area contributed by atoms with E-state index in [9.17, 15) is 18.0 Å².